The highest BCUT2D eigenvalue weighted by atomic mass is 79.9. The molecule has 5 heteroatoms. The van der Waals surface area contributed by atoms with E-state index in [2.05, 4.69) is 40.1 Å². The molecule has 0 unspecified atom stereocenters. The van der Waals surface area contributed by atoms with E-state index in [9.17, 15) is 4.39 Å². The highest BCUT2D eigenvalue weighted by Crippen LogP contribution is 2.27. The van der Waals surface area contributed by atoms with E-state index in [0.29, 0.717) is 28.6 Å². The van der Waals surface area contributed by atoms with Crippen LogP contribution in [-0.4, -0.2) is 11.0 Å². The summed E-state index contributed by atoms with van der Waals surface area (Å²) >= 11 is 3.12. The van der Waals surface area contributed by atoms with Crippen molar-refractivity contribution in [3.05, 3.63) is 52.5 Å². The van der Waals surface area contributed by atoms with E-state index in [1.807, 2.05) is 6.07 Å². The van der Waals surface area contributed by atoms with Gasteiger partial charge in [0.15, 0.2) is 0 Å². The Balaban J connectivity index is 2.17. The van der Waals surface area contributed by atoms with Crippen molar-refractivity contribution in [3.8, 4) is 11.5 Å². The van der Waals surface area contributed by atoms with Crippen LogP contribution >= 0.6 is 15.9 Å². The number of nitrogens with one attached hydrogen (secondary N) is 1. The highest BCUT2D eigenvalue weighted by Gasteiger charge is 2.07. The van der Waals surface area contributed by atoms with E-state index in [1.54, 1.807) is 24.5 Å². The average molecular weight is 339 g/mol. The summed E-state index contributed by atoms with van der Waals surface area (Å²) in [4.78, 5) is 4.05. The molecule has 1 aromatic carbocycles. The molecule has 20 heavy (non-hydrogen) atoms. The van der Waals surface area contributed by atoms with Crippen molar-refractivity contribution in [1.29, 1.82) is 0 Å². The van der Waals surface area contributed by atoms with Crippen LogP contribution in [0.1, 0.15) is 19.4 Å². The summed E-state index contributed by atoms with van der Waals surface area (Å²) in [7, 11) is 0. The zero-order chi connectivity index (χ0) is 14.5. The monoisotopic (exact) mass is 338 g/mol. The third-order valence-corrected chi connectivity index (χ3v) is 3.33. The number of rotatable bonds is 5. The van der Waals surface area contributed by atoms with Crippen LogP contribution in [-0.2, 0) is 6.54 Å². The molecule has 0 saturated heterocycles. The molecule has 0 aliphatic carbocycles. The molecule has 0 fully saturated rings. The molecule has 0 spiro atoms. The molecule has 0 amide bonds. The van der Waals surface area contributed by atoms with Crippen LogP contribution < -0.4 is 10.1 Å². The molecule has 0 radical (unpaired) electrons. The van der Waals surface area contributed by atoms with Crippen molar-refractivity contribution >= 4 is 15.9 Å². The van der Waals surface area contributed by atoms with Gasteiger partial charge < -0.3 is 10.1 Å². The van der Waals surface area contributed by atoms with Gasteiger partial charge in [0.05, 0.1) is 10.7 Å². The number of aromatic nitrogens is 1. The topological polar surface area (TPSA) is 34.2 Å². The lowest BCUT2D eigenvalue weighted by Crippen LogP contribution is -2.22. The van der Waals surface area contributed by atoms with Gasteiger partial charge in [0.2, 0.25) is 0 Å². The Morgan fingerprint density at radius 2 is 2.15 bits per heavy atom. The fourth-order valence-electron chi connectivity index (χ4n) is 1.63. The third-order valence-electron chi connectivity index (χ3n) is 2.69. The minimum Gasteiger partial charge on any atom is -0.455 e. The number of halogens is 2. The molecular formula is C15H16BrFN2O. The molecule has 0 aliphatic heterocycles. The van der Waals surface area contributed by atoms with Gasteiger partial charge in [0, 0.05) is 30.4 Å². The van der Waals surface area contributed by atoms with Crippen molar-refractivity contribution in [2.45, 2.75) is 26.4 Å². The maximum absolute atomic E-state index is 13.5. The van der Waals surface area contributed by atoms with Crippen molar-refractivity contribution < 1.29 is 9.13 Å². The predicted molar refractivity (Wildman–Crippen MR) is 80.4 cm³/mol. The Bertz CT molecular complexity index is 590. The zero-order valence-corrected chi connectivity index (χ0v) is 12.9. The molecule has 106 valence electrons. The molecule has 3 nitrogen and oxygen atoms in total. The first kappa shape index (κ1) is 14.9. The van der Waals surface area contributed by atoms with E-state index in [-0.39, 0.29) is 5.82 Å². The summed E-state index contributed by atoms with van der Waals surface area (Å²) in [5, 5.41) is 3.32. The zero-order valence-electron chi connectivity index (χ0n) is 11.4. The van der Waals surface area contributed by atoms with Crippen molar-refractivity contribution in [2.24, 2.45) is 0 Å². The quantitative estimate of drug-likeness (QED) is 0.883. The van der Waals surface area contributed by atoms with Crippen LogP contribution in [0.5, 0.6) is 11.5 Å². The van der Waals surface area contributed by atoms with Gasteiger partial charge >= 0.3 is 0 Å². The summed E-state index contributed by atoms with van der Waals surface area (Å²) in [5.41, 5.74) is 0.983. The summed E-state index contributed by atoms with van der Waals surface area (Å²) in [6.45, 7) is 4.83. The highest BCUT2D eigenvalue weighted by molar-refractivity contribution is 9.10. The molecular weight excluding hydrogens is 323 g/mol. The Morgan fingerprint density at radius 1 is 1.35 bits per heavy atom. The second kappa shape index (κ2) is 6.81. The van der Waals surface area contributed by atoms with Crippen LogP contribution in [0.4, 0.5) is 4.39 Å². The first-order valence-corrected chi connectivity index (χ1v) is 7.14. The summed E-state index contributed by atoms with van der Waals surface area (Å²) in [6, 6.07) is 6.94. The Morgan fingerprint density at radius 3 is 2.85 bits per heavy atom. The maximum Gasteiger partial charge on any atom is 0.150 e. The van der Waals surface area contributed by atoms with E-state index >= 15 is 0 Å². The maximum atomic E-state index is 13.5. The fourth-order valence-corrected chi connectivity index (χ4v) is 1.87. The molecule has 0 aliphatic rings. The lowest BCUT2D eigenvalue weighted by molar-refractivity contribution is 0.462. The number of benzene rings is 1. The van der Waals surface area contributed by atoms with Crippen LogP contribution in [0.2, 0.25) is 0 Å². The molecule has 0 bridgehead atoms. The van der Waals surface area contributed by atoms with Gasteiger partial charge in [-0.2, -0.15) is 0 Å². The SMILES string of the molecule is CC(C)NCc1ccncc1Oc1ccc(Br)c(F)c1. The first-order valence-electron chi connectivity index (χ1n) is 6.35. The normalized spacial score (nSPS) is 10.8. The Labute approximate surface area is 126 Å². The van der Waals surface area contributed by atoms with Crippen LogP contribution in [0.15, 0.2) is 41.1 Å². The van der Waals surface area contributed by atoms with Crippen LogP contribution in [0.3, 0.4) is 0 Å². The minimum absolute atomic E-state index is 0.353. The molecule has 2 rings (SSSR count). The summed E-state index contributed by atoms with van der Waals surface area (Å²) in [5.74, 6) is 0.722. The molecule has 0 saturated carbocycles. The van der Waals surface area contributed by atoms with E-state index in [0.717, 1.165) is 5.56 Å². The average Bonchev–Trinajstić information content (AvgIpc) is 2.42. The van der Waals surface area contributed by atoms with Crippen LogP contribution in [0, 0.1) is 5.82 Å². The summed E-state index contributed by atoms with van der Waals surface area (Å²) < 4.78 is 19.6. The lowest BCUT2D eigenvalue weighted by Gasteiger charge is -2.13. The second-order valence-corrected chi connectivity index (χ2v) is 5.55. The molecule has 1 aromatic heterocycles. The minimum atomic E-state index is -0.353. The van der Waals surface area contributed by atoms with Gasteiger partial charge in [-0.15, -0.1) is 0 Å². The van der Waals surface area contributed by atoms with Crippen molar-refractivity contribution in [2.75, 3.05) is 0 Å². The first-order chi connectivity index (χ1) is 9.56. The van der Waals surface area contributed by atoms with Gasteiger partial charge in [-0.3, -0.25) is 4.98 Å². The molecule has 2 aromatic rings. The number of ether oxygens (including phenoxy) is 1. The number of nitrogens with zero attached hydrogens (tertiary/aromatic N) is 1. The Hall–Kier alpha value is -1.46. The van der Waals surface area contributed by atoms with Gasteiger partial charge in [-0.1, -0.05) is 13.8 Å². The smallest absolute Gasteiger partial charge is 0.150 e. The number of hydrogen-bond acceptors (Lipinski definition) is 3. The third kappa shape index (κ3) is 4.02. The van der Waals surface area contributed by atoms with Crippen molar-refractivity contribution in [1.82, 2.24) is 10.3 Å². The van der Waals surface area contributed by atoms with Crippen molar-refractivity contribution in [3.63, 3.8) is 0 Å². The number of hydrogen-bond donors (Lipinski definition) is 1. The van der Waals surface area contributed by atoms with E-state index < -0.39 is 0 Å². The van der Waals surface area contributed by atoms with E-state index in [4.69, 9.17) is 4.74 Å². The van der Waals surface area contributed by atoms with Gasteiger partial charge in [0.25, 0.3) is 0 Å². The Kier molecular flexibility index (Phi) is 5.09. The predicted octanol–water partition coefficient (Wildman–Crippen LogP) is 4.27. The second-order valence-electron chi connectivity index (χ2n) is 4.70. The molecule has 1 heterocycles. The number of pyridine rings is 1. The van der Waals surface area contributed by atoms with Gasteiger partial charge in [-0.05, 0) is 34.1 Å². The van der Waals surface area contributed by atoms with Gasteiger partial charge in [0.1, 0.15) is 17.3 Å². The standard InChI is InChI=1S/C15H16BrFN2O/c1-10(2)19-8-11-5-6-18-9-15(11)20-12-3-4-13(16)14(17)7-12/h3-7,9-10,19H,8H2,1-2H3. The molecule has 1 N–H and O–H groups in total. The fraction of sp³-hybridized carbons (Fsp3) is 0.267. The molecule has 0 atom stereocenters. The van der Waals surface area contributed by atoms with Crippen LogP contribution in [0.25, 0.3) is 0 Å². The van der Waals surface area contributed by atoms with E-state index in [1.165, 1.54) is 6.07 Å². The van der Waals surface area contributed by atoms with Gasteiger partial charge in [-0.25, -0.2) is 4.39 Å². The largest absolute Gasteiger partial charge is 0.455 e. The summed E-state index contributed by atoms with van der Waals surface area (Å²) in [6.07, 6.45) is 3.35. The lowest BCUT2D eigenvalue weighted by atomic mass is 10.2.